The number of anilines is 2. The molecule has 2 N–H and O–H groups in total. The number of halogens is 1. The van der Waals surface area contributed by atoms with Gasteiger partial charge in [0, 0.05) is 29.8 Å². The second kappa shape index (κ2) is 7.42. The molecule has 0 spiro atoms. The van der Waals surface area contributed by atoms with Gasteiger partial charge in [0.15, 0.2) is 5.13 Å². The number of hydrogen-bond acceptors (Lipinski definition) is 5. The number of rotatable bonds is 4. The molecule has 0 aliphatic heterocycles. The van der Waals surface area contributed by atoms with Crippen LogP contribution in [0.4, 0.5) is 10.8 Å². The van der Waals surface area contributed by atoms with E-state index < -0.39 is 0 Å². The molecule has 0 atom stereocenters. The fourth-order valence-corrected chi connectivity index (χ4v) is 2.90. The van der Waals surface area contributed by atoms with Crippen LogP contribution in [0.25, 0.3) is 11.3 Å². The van der Waals surface area contributed by atoms with Gasteiger partial charge in [0.05, 0.1) is 11.3 Å². The van der Waals surface area contributed by atoms with Crippen molar-refractivity contribution in [1.82, 2.24) is 9.97 Å². The van der Waals surface area contributed by atoms with Crippen molar-refractivity contribution < 1.29 is 9.59 Å². The van der Waals surface area contributed by atoms with Gasteiger partial charge in [0.1, 0.15) is 5.15 Å². The van der Waals surface area contributed by atoms with Crippen LogP contribution in [0.2, 0.25) is 5.15 Å². The van der Waals surface area contributed by atoms with Crippen LogP contribution in [0, 0.1) is 0 Å². The normalized spacial score (nSPS) is 10.3. The van der Waals surface area contributed by atoms with Crippen molar-refractivity contribution in [2.24, 2.45) is 0 Å². The number of amides is 2. The highest BCUT2D eigenvalue weighted by molar-refractivity contribution is 7.14. The Hall–Kier alpha value is -2.77. The van der Waals surface area contributed by atoms with Crippen LogP contribution in [0.3, 0.4) is 0 Å². The van der Waals surface area contributed by atoms with E-state index in [4.69, 9.17) is 11.6 Å². The maximum Gasteiger partial charge on any atom is 0.259 e. The number of thiazole rings is 1. The van der Waals surface area contributed by atoms with Crippen molar-refractivity contribution in [3.63, 3.8) is 0 Å². The SMILES string of the molecule is CC(=O)Nc1ccc(-c2csc(NC(=O)c3ccc(Cl)nc3)n2)cc1. The van der Waals surface area contributed by atoms with E-state index >= 15 is 0 Å². The molecule has 126 valence electrons. The van der Waals surface area contributed by atoms with Gasteiger partial charge >= 0.3 is 0 Å². The van der Waals surface area contributed by atoms with E-state index in [1.54, 1.807) is 24.3 Å². The minimum absolute atomic E-state index is 0.122. The fraction of sp³-hybridized carbons (Fsp3) is 0.0588. The summed E-state index contributed by atoms with van der Waals surface area (Å²) >= 11 is 7.04. The van der Waals surface area contributed by atoms with Gasteiger partial charge in [-0.15, -0.1) is 11.3 Å². The van der Waals surface area contributed by atoms with Gasteiger partial charge in [-0.1, -0.05) is 23.7 Å². The van der Waals surface area contributed by atoms with Crippen LogP contribution < -0.4 is 10.6 Å². The van der Waals surface area contributed by atoms with E-state index in [0.29, 0.717) is 15.8 Å². The quantitative estimate of drug-likeness (QED) is 0.676. The molecule has 2 heterocycles. The highest BCUT2D eigenvalue weighted by atomic mass is 35.5. The van der Waals surface area contributed by atoms with E-state index in [-0.39, 0.29) is 11.8 Å². The molecule has 0 aliphatic carbocycles. The Bertz CT molecular complexity index is 907. The number of carbonyl (C=O) groups is 2. The largest absolute Gasteiger partial charge is 0.326 e. The molecular weight excluding hydrogens is 360 g/mol. The van der Waals surface area contributed by atoms with Crippen LogP contribution in [0.5, 0.6) is 0 Å². The highest BCUT2D eigenvalue weighted by Gasteiger charge is 2.10. The zero-order chi connectivity index (χ0) is 17.8. The standard InChI is InChI=1S/C17H13ClN4O2S/c1-10(23)20-13-5-2-11(3-6-13)14-9-25-17(21-14)22-16(24)12-4-7-15(18)19-8-12/h2-9H,1H3,(H,20,23)(H,21,22,24). The lowest BCUT2D eigenvalue weighted by Crippen LogP contribution is -2.11. The summed E-state index contributed by atoms with van der Waals surface area (Å²) < 4.78 is 0. The molecule has 25 heavy (non-hydrogen) atoms. The Morgan fingerprint density at radius 3 is 2.48 bits per heavy atom. The molecule has 0 saturated carbocycles. The Morgan fingerprint density at radius 1 is 1.08 bits per heavy atom. The number of carbonyl (C=O) groups excluding carboxylic acids is 2. The third-order valence-electron chi connectivity index (χ3n) is 3.22. The summed E-state index contributed by atoms with van der Waals surface area (Å²) in [5.41, 5.74) is 2.75. The van der Waals surface area contributed by atoms with Crippen molar-refractivity contribution in [2.45, 2.75) is 6.92 Å². The summed E-state index contributed by atoms with van der Waals surface area (Å²) in [5, 5.41) is 8.11. The molecule has 1 aromatic carbocycles. The van der Waals surface area contributed by atoms with Crippen molar-refractivity contribution in [3.05, 3.63) is 58.7 Å². The minimum atomic E-state index is -0.300. The zero-order valence-electron chi connectivity index (χ0n) is 13.1. The van der Waals surface area contributed by atoms with E-state index in [0.717, 1.165) is 16.9 Å². The Balaban J connectivity index is 1.70. The first kappa shape index (κ1) is 17.1. The van der Waals surface area contributed by atoms with E-state index in [1.807, 2.05) is 17.5 Å². The van der Waals surface area contributed by atoms with Crippen LogP contribution in [-0.2, 0) is 4.79 Å². The molecule has 0 saturated heterocycles. The van der Waals surface area contributed by atoms with Crippen molar-refractivity contribution >= 4 is 45.6 Å². The summed E-state index contributed by atoms with van der Waals surface area (Å²) in [4.78, 5) is 31.5. The lowest BCUT2D eigenvalue weighted by atomic mass is 10.1. The van der Waals surface area contributed by atoms with Gasteiger partial charge in [-0.2, -0.15) is 0 Å². The van der Waals surface area contributed by atoms with Gasteiger partial charge in [-0.05, 0) is 24.3 Å². The predicted octanol–water partition coefficient (Wildman–Crippen LogP) is 4.07. The summed E-state index contributed by atoms with van der Waals surface area (Å²) in [5.74, 6) is -0.422. The van der Waals surface area contributed by atoms with E-state index in [2.05, 4.69) is 20.6 Å². The number of aromatic nitrogens is 2. The highest BCUT2D eigenvalue weighted by Crippen LogP contribution is 2.26. The summed E-state index contributed by atoms with van der Waals surface area (Å²) in [7, 11) is 0. The third-order valence-corrected chi connectivity index (χ3v) is 4.20. The first-order valence-electron chi connectivity index (χ1n) is 7.28. The summed E-state index contributed by atoms with van der Waals surface area (Å²) in [6.45, 7) is 1.46. The molecule has 3 aromatic rings. The monoisotopic (exact) mass is 372 g/mol. The van der Waals surface area contributed by atoms with Gasteiger partial charge < -0.3 is 5.32 Å². The maximum absolute atomic E-state index is 12.2. The lowest BCUT2D eigenvalue weighted by Gasteiger charge is -2.03. The van der Waals surface area contributed by atoms with Crippen molar-refractivity contribution in [1.29, 1.82) is 0 Å². The van der Waals surface area contributed by atoms with Crippen LogP contribution >= 0.6 is 22.9 Å². The van der Waals surface area contributed by atoms with Crippen molar-refractivity contribution in [2.75, 3.05) is 10.6 Å². The van der Waals surface area contributed by atoms with Gasteiger partial charge in [-0.3, -0.25) is 14.9 Å². The maximum atomic E-state index is 12.2. The molecule has 2 amide bonds. The van der Waals surface area contributed by atoms with Gasteiger partial charge in [-0.25, -0.2) is 9.97 Å². The van der Waals surface area contributed by atoms with Crippen LogP contribution in [0.1, 0.15) is 17.3 Å². The van der Waals surface area contributed by atoms with Gasteiger partial charge in [0.25, 0.3) is 5.91 Å². The molecule has 0 unspecified atom stereocenters. The first-order valence-corrected chi connectivity index (χ1v) is 8.53. The molecule has 0 aliphatic rings. The number of nitrogens with zero attached hydrogens (tertiary/aromatic N) is 2. The Labute approximate surface area is 152 Å². The van der Waals surface area contributed by atoms with Crippen molar-refractivity contribution in [3.8, 4) is 11.3 Å². The molecule has 6 nitrogen and oxygen atoms in total. The Morgan fingerprint density at radius 2 is 1.84 bits per heavy atom. The first-order chi connectivity index (χ1) is 12.0. The molecule has 3 rings (SSSR count). The average molecular weight is 373 g/mol. The number of pyridine rings is 1. The molecule has 0 fully saturated rings. The number of nitrogens with one attached hydrogen (secondary N) is 2. The summed E-state index contributed by atoms with van der Waals surface area (Å²) in [6.07, 6.45) is 1.41. The molecular formula is C17H13ClN4O2S. The fourth-order valence-electron chi connectivity index (χ4n) is 2.07. The molecule has 8 heteroatoms. The second-order valence-corrected chi connectivity index (χ2v) is 6.37. The molecule has 0 bridgehead atoms. The zero-order valence-corrected chi connectivity index (χ0v) is 14.7. The second-order valence-electron chi connectivity index (χ2n) is 5.12. The smallest absolute Gasteiger partial charge is 0.259 e. The number of benzene rings is 1. The third kappa shape index (κ3) is 4.40. The van der Waals surface area contributed by atoms with E-state index in [1.165, 1.54) is 24.5 Å². The molecule has 0 radical (unpaired) electrons. The average Bonchev–Trinajstić information content (AvgIpc) is 3.04. The Kier molecular flexibility index (Phi) is 5.06. The topological polar surface area (TPSA) is 84.0 Å². The van der Waals surface area contributed by atoms with Crippen LogP contribution in [-0.4, -0.2) is 21.8 Å². The number of hydrogen-bond donors (Lipinski definition) is 2. The minimum Gasteiger partial charge on any atom is -0.326 e. The lowest BCUT2D eigenvalue weighted by molar-refractivity contribution is -0.114. The predicted molar refractivity (Wildman–Crippen MR) is 99.1 cm³/mol. The van der Waals surface area contributed by atoms with E-state index in [9.17, 15) is 9.59 Å². The van der Waals surface area contributed by atoms with Crippen LogP contribution in [0.15, 0.2) is 48.0 Å². The molecule has 2 aromatic heterocycles. The van der Waals surface area contributed by atoms with Gasteiger partial charge in [0.2, 0.25) is 5.91 Å². The summed E-state index contributed by atoms with van der Waals surface area (Å²) in [6, 6.07) is 10.5.